The van der Waals surface area contributed by atoms with Crippen molar-refractivity contribution in [3.8, 4) is 0 Å². The largest absolute Gasteiger partial charge is 0.438 e. The first-order chi connectivity index (χ1) is 6.65. The number of amidine groups is 1. The van der Waals surface area contributed by atoms with Crippen molar-refractivity contribution in [3.05, 3.63) is 17.8 Å². The van der Waals surface area contributed by atoms with Crippen molar-refractivity contribution in [3.63, 3.8) is 0 Å². The van der Waals surface area contributed by atoms with Crippen LogP contribution in [0.1, 0.15) is 16.2 Å². The maximum atomic E-state index is 11.3. The molecule has 0 saturated carbocycles. The molecule has 0 spiro atoms. The van der Waals surface area contributed by atoms with E-state index in [0.29, 0.717) is 5.69 Å². The lowest BCUT2D eigenvalue weighted by Gasteiger charge is -2.00. The predicted octanol–water partition coefficient (Wildman–Crippen LogP) is -0.541. The van der Waals surface area contributed by atoms with Gasteiger partial charge in [-0.05, 0) is 6.92 Å². The molecule has 0 atom stereocenters. The Morgan fingerprint density at radius 2 is 2.57 bits per heavy atom. The molecule has 7 heteroatoms. The molecular weight excluding hydrogens is 188 g/mol. The zero-order valence-electron chi connectivity index (χ0n) is 7.52. The molecule has 0 bridgehead atoms. The number of nitrogens with one attached hydrogen (secondary N) is 1. The third-order valence-corrected chi connectivity index (χ3v) is 1.51. The maximum absolute atomic E-state index is 11.3. The number of carbonyl (C=O) groups excluding carboxylic acids is 1. The van der Waals surface area contributed by atoms with Gasteiger partial charge in [-0.2, -0.15) is 0 Å². The number of amides is 1. The van der Waals surface area contributed by atoms with Crippen molar-refractivity contribution in [1.82, 2.24) is 10.3 Å². The van der Waals surface area contributed by atoms with E-state index in [1.807, 2.05) is 0 Å². The summed E-state index contributed by atoms with van der Waals surface area (Å²) in [5.41, 5.74) is 5.64. The van der Waals surface area contributed by atoms with E-state index in [-0.39, 0.29) is 18.1 Å². The van der Waals surface area contributed by atoms with E-state index in [2.05, 4.69) is 15.5 Å². The fraction of sp³-hybridized carbons (Fsp3) is 0.286. The molecule has 0 aromatic carbocycles. The van der Waals surface area contributed by atoms with Crippen molar-refractivity contribution in [2.75, 3.05) is 6.54 Å². The van der Waals surface area contributed by atoms with Gasteiger partial charge < -0.3 is 20.7 Å². The highest BCUT2D eigenvalue weighted by Gasteiger charge is 2.13. The Kier molecular flexibility index (Phi) is 3.05. The molecule has 76 valence electrons. The molecule has 1 aromatic heterocycles. The van der Waals surface area contributed by atoms with Gasteiger partial charge in [0.25, 0.3) is 5.91 Å². The molecule has 4 N–H and O–H groups in total. The minimum absolute atomic E-state index is 0.0462. The van der Waals surface area contributed by atoms with Crippen molar-refractivity contribution >= 4 is 11.7 Å². The summed E-state index contributed by atoms with van der Waals surface area (Å²) in [6, 6.07) is 0. The summed E-state index contributed by atoms with van der Waals surface area (Å²) >= 11 is 0. The van der Waals surface area contributed by atoms with Gasteiger partial charge in [0.15, 0.2) is 12.2 Å². The van der Waals surface area contributed by atoms with Crippen LogP contribution in [0.4, 0.5) is 0 Å². The average molecular weight is 198 g/mol. The third kappa shape index (κ3) is 2.22. The van der Waals surface area contributed by atoms with Gasteiger partial charge >= 0.3 is 0 Å². The Balaban J connectivity index is 2.56. The highest BCUT2D eigenvalue weighted by molar-refractivity contribution is 5.95. The van der Waals surface area contributed by atoms with Crippen molar-refractivity contribution in [2.45, 2.75) is 6.92 Å². The molecule has 0 unspecified atom stereocenters. The van der Waals surface area contributed by atoms with Crippen LogP contribution in [0.15, 0.2) is 16.0 Å². The molecule has 0 aliphatic heterocycles. The van der Waals surface area contributed by atoms with E-state index >= 15 is 0 Å². The highest BCUT2D eigenvalue weighted by atomic mass is 16.4. The molecule has 0 fully saturated rings. The first kappa shape index (κ1) is 10.0. The Morgan fingerprint density at radius 3 is 3.07 bits per heavy atom. The number of nitrogens with two attached hydrogens (primary N) is 1. The smallest absolute Gasteiger partial charge is 0.289 e. The van der Waals surface area contributed by atoms with Crippen LogP contribution >= 0.6 is 0 Å². The number of hydrogen-bond donors (Lipinski definition) is 3. The molecule has 0 aliphatic rings. The van der Waals surface area contributed by atoms with Gasteiger partial charge in [0, 0.05) is 0 Å². The molecule has 0 radical (unpaired) electrons. The molecule has 14 heavy (non-hydrogen) atoms. The van der Waals surface area contributed by atoms with Gasteiger partial charge in [-0.25, -0.2) is 4.98 Å². The number of hydrogen-bond acceptors (Lipinski definition) is 5. The molecular formula is C7H10N4O3. The minimum atomic E-state index is -0.452. The van der Waals surface area contributed by atoms with E-state index in [4.69, 9.17) is 15.4 Å². The van der Waals surface area contributed by atoms with E-state index in [1.165, 1.54) is 6.39 Å². The lowest BCUT2D eigenvalue weighted by molar-refractivity contribution is 0.0930. The summed E-state index contributed by atoms with van der Waals surface area (Å²) in [5, 5.41) is 13.3. The van der Waals surface area contributed by atoms with E-state index in [1.54, 1.807) is 6.92 Å². The molecule has 1 heterocycles. The van der Waals surface area contributed by atoms with Crippen LogP contribution < -0.4 is 11.1 Å². The second-order valence-electron chi connectivity index (χ2n) is 2.54. The average Bonchev–Trinajstić information content (AvgIpc) is 2.60. The first-order valence-corrected chi connectivity index (χ1v) is 3.80. The number of oxazole rings is 1. The Labute approximate surface area is 79.6 Å². The standard InChI is InChI=1S/C7H10N4O3/c1-4-6(14-3-10-4)7(12)9-2-5(8)11-13/h3,13H,2H2,1H3,(H2,8,11)(H,9,12). The van der Waals surface area contributed by atoms with Crippen LogP contribution in [0, 0.1) is 6.92 Å². The van der Waals surface area contributed by atoms with Gasteiger partial charge in [0.2, 0.25) is 5.76 Å². The Bertz CT molecular complexity index is 358. The van der Waals surface area contributed by atoms with E-state index < -0.39 is 5.91 Å². The SMILES string of the molecule is Cc1ncoc1C(=O)NC/C(N)=N/O. The predicted molar refractivity (Wildman–Crippen MR) is 47.0 cm³/mol. The zero-order chi connectivity index (χ0) is 10.6. The quantitative estimate of drug-likeness (QED) is 0.261. The lowest BCUT2D eigenvalue weighted by atomic mass is 10.3. The summed E-state index contributed by atoms with van der Waals surface area (Å²) < 4.78 is 4.83. The summed E-state index contributed by atoms with van der Waals surface area (Å²) in [4.78, 5) is 15.1. The van der Waals surface area contributed by atoms with Crippen LogP contribution in [-0.2, 0) is 0 Å². The minimum Gasteiger partial charge on any atom is -0.438 e. The Hall–Kier alpha value is -2.05. The van der Waals surface area contributed by atoms with Crippen LogP contribution in [0.3, 0.4) is 0 Å². The van der Waals surface area contributed by atoms with Crippen LogP contribution in [0.2, 0.25) is 0 Å². The molecule has 0 saturated heterocycles. The summed E-state index contributed by atoms with van der Waals surface area (Å²) in [7, 11) is 0. The second-order valence-corrected chi connectivity index (χ2v) is 2.54. The highest BCUT2D eigenvalue weighted by Crippen LogP contribution is 2.03. The number of rotatable bonds is 3. The van der Waals surface area contributed by atoms with Crippen molar-refractivity contribution in [1.29, 1.82) is 0 Å². The normalized spacial score (nSPS) is 11.4. The van der Waals surface area contributed by atoms with Gasteiger partial charge in [0.05, 0.1) is 12.2 Å². The Morgan fingerprint density at radius 1 is 1.86 bits per heavy atom. The zero-order valence-corrected chi connectivity index (χ0v) is 7.52. The monoisotopic (exact) mass is 198 g/mol. The topological polar surface area (TPSA) is 114 Å². The molecule has 1 amide bonds. The van der Waals surface area contributed by atoms with Gasteiger partial charge in [-0.15, -0.1) is 0 Å². The number of oxime groups is 1. The van der Waals surface area contributed by atoms with Gasteiger partial charge in [-0.1, -0.05) is 5.16 Å². The van der Waals surface area contributed by atoms with Gasteiger partial charge in [0.1, 0.15) is 0 Å². The van der Waals surface area contributed by atoms with Crippen LogP contribution in [0.5, 0.6) is 0 Å². The van der Waals surface area contributed by atoms with Crippen LogP contribution in [0.25, 0.3) is 0 Å². The fourth-order valence-electron chi connectivity index (χ4n) is 0.806. The maximum Gasteiger partial charge on any atom is 0.289 e. The molecule has 1 aromatic rings. The number of carbonyl (C=O) groups is 1. The van der Waals surface area contributed by atoms with E-state index in [0.717, 1.165) is 0 Å². The summed E-state index contributed by atoms with van der Waals surface area (Å²) in [5.74, 6) is -0.419. The first-order valence-electron chi connectivity index (χ1n) is 3.80. The fourth-order valence-corrected chi connectivity index (χ4v) is 0.806. The van der Waals surface area contributed by atoms with Crippen LogP contribution in [-0.4, -0.2) is 28.5 Å². The molecule has 0 aliphatic carbocycles. The number of aryl methyl sites for hydroxylation is 1. The molecule has 7 nitrogen and oxygen atoms in total. The molecule has 1 rings (SSSR count). The summed E-state index contributed by atoms with van der Waals surface area (Å²) in [6.07, 6.45) is 1.17. The van der Waals surface area contributed by atoms with E-state index in [9.17, 15) is 4.79 Å². The van der Waals surface area contributed by atoms with Gasteiger partial charge in [-0.3, -0.25) is 4.79 Å². The summed E-state index contributed by atoms with van der Waals surface area (Å²) in [6.45, 7) is 1.59. The third-order valence-electron chi connectivity index (χ3n) is 1.51. The van der Waals surface area contributed by atoms with Crippen molar-refractivity contribution < 1.29 is 14.4 Å². The lowest BCUT2D eigenvalue weighted by Crippen LogP contribution is -2.33. The number of aromatic nitrogens is 1. The number of nitrogens with zero attached hydrogens (tertiary/aromatic N) is 2. The van der Waals surface area contributed by atoms with Crippen molar-refractivity contribution in [2.24, 2.45) is 10.9 Å². The second kappa shape index (κ2) is 4.26.